The van der Waals surface area contributed by atoms with Gasteiger partial charge in [-0.05, 0) is 13.0 Å². The van der Waals surface area contributed by atoms with E-state index in [1.165, 1.54) is 0 Å². The van der Waals surface area contributed by atoms with Gasteiger partial charge in [0.15, 0.2) is 0 Å². The Morgan fingerprint density at radius 3 is 3.00 bits per heavy atom. The van der Waals surface area contributed by atoms with Gasteiger partial charge in [-0.3, -0.25) is 9.89 Å². The maximum atomic E-state index is 11.9. The SMILES string of the molecule is Nc1n[nH]c(C(=O)N2CCCNCC2)n1. The number of nitrogens with one attached hydrogen (secondary N) is 2. The Kier molecular flexibility index (Phi) is 2.82. The molecule has 0 bridgehead atoms. The van der Waals surface area contributed by atoms with Crippen LogP contribution >= 0.6 is 0 Å². The van der Waals surface area contributed by atoms with Gasteiger partial charge in [0.25, 0.3) is 5.91 Å². The summed E-state index contributed by atoms with van der Waals surface area (Å²) in [5.41, 5.74) is 5.34. The minimum absolute atomic E-state index is 0.103. The number of hydrogen-bond donors (Lipinski definition) is 3. The summed E-state index contributed by atoms with van der Waals surface area (Å²) in [6, 6.07) is 0. The Morgan fingerprint density at radius 2 is 2.27 bits per heavy atom. The number of nitrogens with zero attached hydrogens (tertiary/aromatic N) is 3. The lowest BCUT2D eigenvalue weighted by Gasteiger charge is -2.17. The first-order chi connectivity index (χ1) is 7.27. The molecule has 82 valence electrons. The quantitative estimate of drug-likeness (QED) is 0.542. The lowest BCUT2D eigenvalue weighted by atomic mass is 10.4. The Morgan fingerprint density at radius 1 is 1.40 bits per heavy atom. The van der Waals surface area contributed by atoms with Crippen molar-refractivity contribution in [2.75, 3.05) is 31.9 Å². The summed E-state index contributed by atoms with van der Waals surface area (Å²) in [5, 5.41) is 9.38. The van der Waals surface area contributed by atoms with Crippen molar-refractivity contribution in [2.24, 2.45) is 0 Å². The molecule has 4 N–H and O–H groups in total. The van der Waals surface area contributed by atoms with Crippen LogP contribution in [0.25, 0.3) is 0 Å². The minimum Gasteiger partial charge on any atom is -0.366 e. The molecule has 1 aliphatic heterocycles. The smallest absolute Gasteiger partial charge is 0.291 e. The van der Waals surface area contributed by atoms with E-state index in [1.54, 1.807) is 4.90 Å². The summed E-state index contributed by atoms with van der Waals surface area (Å²) in [7, 11) is 0. The zero-order chi connectivity index (χ0) is 10.7. The maximum Gasteiger partial charge on any atom is 0.291 e. The number of nitrogens with two attached hydrogens (primary N) is 1. The molecule has 1 aliphatic rings. The molecule has 7 heteroatoms. The summed E-state index contributed by atoms with van der Waals surface area (Å²) in [6.45, 7) is 3.20. The number of H-pyrrole nitrogens is 1. The second-order valence-corrected chi connectivity index (χ2v) is 3.44. The van der Waals surface area contributed by atoms with Gasteiger partial charge >= 0.3 is 0 Å². The first-order valence-electron chi connectivity index (χ1n) is 4.95. The van der Waals surface area contributed by atoms with E-state index in [0.29, 0.717) is 6.54 Å². The van der Waals surface area contributed by atoms with E-state index in [-0.39, 0.29) is 17.7 Å². The van der Waals surface area contributed by atoms with E-state index in [2.05, 4.69) is 20.5 Å². The van der Waals surface area contributed by atoms with Crippen LogP contribution in [0.2, 0.25) is 0 Å². The van der Waals surface area contributed by atoms with Crippen molar-refractivity contribution >= 4 is 11.9 Å². The Balaban J connectivity index is 2.06. The van der Waals surface area contributed by atoms with Gasteiger partial charge in [-0.2, -0.15) is 4.98 Å². The molecule has 1 aromatic rings. The van der Waals surface area contributed by atoms with Gasteiger partial charge in [0.05, 0.1) is 0 Å². The van der Waals surface area contributed by atoms with Crippen molar-refractivity contribution in [1.82, 2.24) is 25.4 Å². The molecule has 2 heterocycles. The third-order valence-corrected chi connectivity index (χ3v) is 2.33. The number of aromatic amines is 1. The van der Waals surface area contributed by atoms with Crippen LogP contribution in [0.4, 0.5) is 5.95 Å². The van der Waals surface area contributed by atoms with Gasteiger partial charge in [0, 0.05) is 19.6 Å². The van der Waals surface area contributed by atoms with Gasteiger partial charge in [0.1, 0.15) is 0 Å². The van der Waals surface area contributed by atoms with Crippen molar-refractivity contribution in [1.29, 1.82) is 0 Å². The van der Waals surface area contributed by atoms with E-state index in [4.69, 9.17) is 5.73 Å². The average Bonchev–Trinajstić information content (AvgIpc) is 2.53. The van der Waals surface area contributed by atoms with E-state index < -0.39 is 0 Å². The molecule has 0 spiro atoms. The molecule has 2 rings (SSSR count). The molecule has 1 aromatic heterocycles. The Bertz CT molecular complexity index is 341. The molecule has 0 radical (unpaired) electrons. The van der Waals surface area contributed by atoms with Crippen molar-refractivity contribution in [2.45, 2.75) is 6.42 Å². The van der Waals surface area contributed by atoms with Gasteiger partial charge in [-0.15, -0.1) is 5.10 Å². The van der Waals surface area contributed by atoms with Crippen LogP contribution in [0, 0.1) is 0 Å². The van der Waals surface area contributed by atoms with Crippen LogP contribution in [0.3, 0.4) is 0 Å². The van der Waals surface area contributed by atoms with Crippen LogP contribution in [0.5, 0.6) is 0 Å². The minimum atomic E-state index is -0.136. The number of rotatable bonds is 1. The maximum absolute atomic E-state index is 11.9. The Labute approximate surface area is 87.0 Å². The van der Waals surface area contributed by atoms with E-state index in [0.717, 1.165) is 26.1 Å². The van der Waals surface area contributed by atoms with Gasteiger partial charge in [-0.25, -0.2) is 0 Å². The fraction of sp³-hybridized carbons (Fsp3) is 0.625. The van der Waals surface area contributed by atoms with Crippen molar-refractivity contribution in [3.63, 3.8) is 0 Å². The molecule has 15 heavy (non-hydrogen) atoms. The summed E-state index contributed by atoms with van der Waals surface area (Å²) < 4.78 is 0. The van der Waals surface area contributed by atoms with E-state index in [9.17, 15) is 4.79 Å². The monoisotopic (exact) mass is 210 g/mol. The number of aromatic nitrogens is 3. The first kappa shape index (κ1) is 9.91. The number of nitrogen functional groups attached to an aromatic ring is 1. The normalized spacial score (nSPS) is 17.5. The summed E-state index contributed by atoms with van der Waals surface area (Å²) in [6.07, 6.45) is 0.954. The van der Waals surface area contributed by atoms with Crippen LogP contribution in [0.15, 0.2) is 0 Å². The van der Waals surface area contributed by atoms with Gasteiger partial charge in [-0.1, -0.05) is 0 Å². The fourth-order valence-corrected chi connectivity index (χ4v) is 1.57. The predicted molar refractivity (Wildman–Crippen MR) is 54.2 cm³/mol. The second kappa shape index (κ2) is 4.26. The highest BCUT2D eigenvalue weighted by Gasteiger charge is 2.19. The summed E-state index contributed by atoms with van der Waals surface area (Å²) in [5.74, 6) is 0.184. The third-order valence-electron chi connectivity index (χ3n) is 2.33. The lowest BCUT2D eigenvalue weighted by molar-refractivity contribution is 0.0754. The number of hydrogen-bond acceptors (Lipinski definition) is 5. The van der Waals surface area contributed by atoms with Gasteiger partial charge < -0.3 is 16.0 Å². The highest BCUT2D eigenvalue weighted by atomic mass is 16.2. The molecule has 0 aromatic carbocycles. The molecule has 1 fully saturated rings. The standard InChI is InChI=1S/C8H14N6O/c9-8-11-6(12-13-8)7(15)14-4-1-2-10-3-5-14/h10H,1-5H2,(H3,9,11,12,13). The molecular formula is C8H14N6O. The molecule has 7 nitrogen and oxygen atoms in total. The van der Waals surface area contributed by atoms with Crippen LogP contribution in [-0.4, -0.2) is 52.2 Å². The molecule has 1 amide bonds. The first-order valence-corrected chi connectivity index (χ1v) is 4.95. The zero-order valence-electron chi connectivity index (χ0n) is 8.36. The number of anilines is 1. The van der Waals surface area contributed by atoms with E-state index in [1.807, 2.05) is 0 Å². The molecule has 1 saturated heterocycles. The Hall–Kier alpha value is -1.63. The molecular weight excluding hydrogens is 196 g/mol. The molecule has 0 atom stereocenters. The highest BCUT2D eigenvalue weighted by molar-refractivity contribution is 5.90. The van der Waals surface area contributed by atoms with Crippen molar-refractivity contribution < 1.29 is 4.79 Å². The number of carbonyl (C=O) groups excluding carboxylic acids is 1. The summed E-state index contributed by atoms with van der Waals surface area (Å²) in [4.78, 5) is 17.4. The third kappa shape index (κ3) is 2.24. The molecule has 0 aliphatic carbocycles. The topological polar surface area (TPSA) is 99.9 Å². The predicted octanol–water partition coefficient (Wildman–Crippen LogP) is -1.18. The lowest BCUT2D eigenvalue weighted by Crippen LogP contribution is -2.34. The molecule has 0 unspecified atom stereocenters. The second-order valence-electron chi connectivity index (χ2n) is 3.44. The van der Waals surface area contributed by atoms with E-state index >= 15 is 0 Å². The van der Waals surface area contributed by atoms with Crippen LogP contribution in [0.1, 0.15) is 17.0 Å². The highest BCUT2D eigenvalue weighted by Crippen LogP contribution is 2.02. The zero-order valence-corrected chi connectivity index (χ0v) is 8.36. The average molecular weight is 210 g/mol. The van der Waals surface area contributed by atoms with Crippen LogP contribution < -0.4 is 11.1 Å². The fourth-order valence-electron chi connectivity index (χ4n) is 1.57. The summed E-state index contributed by atoms with van der Waals surface area (Å²) >= 11 is 0. The van der Waals surface area contributed by atoms with Crippen molar-refractivity contribution in [3.05, 3.63) is 5.82 Å². The van der Waals surface area contributed by atoms with Crippen LogP contribution in [-0.2, 0) is 0 Å². The van der Waals surface area contributed by atoms with Crippen molar-refractivity contribution in [3.8, 4) is 0 Å². The van der Waals surface area contributed by atoms with Gasteiger partial charge in [0.2, 0.25) is 11.8 Å². The molecule has 0 saturated carbocycles. The largest absolute Gasteiger partial charge is 0.366 e. The number of carbonyl (C=O) groups is 1. The number of amides is 1.